The van der Waals surface area contributed by atoms with Gasteiger partial charge in [-0.05, 0) is 38.5 Å². The molecule has 0 radical (unpaired) electrons. The van der Waals surface area contributed by atoms with Crippen molar-refractivity contribution in [1.29, 1.82) is 0 Å². The Bertz CT molecular complexity index is 636. The van der Waals surface area contributed by atoms with Crippen LogP contribution < -0.4 is 0 Å². The highest BCUT2D eigenvalue weighted by molar-refractivity contribution is 7.85. The number of benzene rings is 1. The first kappa shape index (κ1) is 15.7. The van der Waals surface area contributed by atoms with Crippen LogP contribution >= 0.6 is 0 Å². The van der Waals surface area contributed by atoms with E-state index in [2.05, 4.69) is 4.18 Å². The lowest BCUT2D eigenvalue weighted by Gasteiger charge is -2.26. The molecule has 1 amide bonds. The van der Waals surface area contributed by atoms with Crippen molar-refractivity contribution in [3.05, 3.63) is 35.6 Å². The van der Waals surface area contributed by atoms with Crippen molar-refractivity contribution in [2.75, 3.05) is 6.61 Å². The van der Waals surface area contributed by atoms with E-state index in [1.165, 1.54) is 24.3 Å². The van der Waals surface area contributed by atoms with E-state index in [1.54, 1.807) is 20.8 Å². The van der Waals surface area contributed by atoms with Crippen LogP contribution in [0.2, 0.25) is 0 Å². The van der Waals surface area contributed by atoms with Gasteiger partial charge in [-0.15, -0.1) is 0 Å². The van der Waals surface area contributed by atoms with E-state index in [0.717, 1.165) is 0 Å². The number of nitrogens with zero attached hydrogens (tertiary/aromatic N) is 1. The lowest BCUT2D eigenvalue weighted by Crippen LogP contribution is -2.39. The highest BCUT2D eigenvalue weighted by Crippen LogP contribution is 2.33. The molecule has 1 aromatic rings. The lowest BCUT2D eigenvalue weighted by atomic mass is 10.1. The van der Waals surface area contributed by atoms with E-state index in [0.29, 0.717) is 9.87 Å². The van der Waals surface area contributed by atoms with Gasteiger partial charge in [0.25, 0.3) is 0 Å². The Morgan fingerprint density at radius 1 is 1.33 bits per heavy atom. The largest absolute Gasteiger partial charge is 0.443 e. The first-order chi connectivity index (χ1) is 9.60. The molecule has 1 atom stereocenters. The molecule has 0 spiro atoms. The van der Waals surface area contributed by atoms with Crippen LogP contribution in [-0.2, 0) is 19.2 Å². The summed E-state index contributed by atoms with van der Waals surface area (Å²) in [4.78, 5) is 12.1. The molecule has 1 saturated heterocycles. The fraction of sp³-hybridized carbons (Fsp3) is 0.462. The van der Waals surface area contributed by atoms with Gasteiger partial charge in [-0.1, -0.05) is 12.1 Å². The van der Waals surface area contributed by atoms with Crippen LogP contribution in [0.15, 0.2) is 24.3 Å². The number of amides is 1. The Kier molecular flexibility index (Phi) is 3.94. The summed E-state index contributed by atoms with van der Waals surface area (Å²) in [7, 11) is -4.20. The molecule has 0 aliphatic carbocycles. The molecule has 0 bridgehead atoms. The van der Waals surface area contributed by atoms with Gasteiger partial charge in [0, 0.05) is 0 Å². The van der Waals surface area contributed by atoms with Crippen LogP contribution in [-0.4, -0.2) is 31.0 Å². The van der Waals surface area contributed by atoms with Gasteiger partial charge in [0.2, 0.25) is 0 Å². The quantitative estimate of drug-likeness (QED) is 0.795. The molecule has 1 fully saturated rings. The predicted molar refractivity (Wildman–Crippen MR) is 72.1 cm³/mol. The number of rotatable bonds is 1. The predicted octanol–water partition coefficient (Wildman–Crippen LogP) is 2.38. The second-order valence-electron chi connectivity index (χ2n) is 5.59. The third-order valence-electron chi connectivity index (χ3n) is 2.73. The summed E-state index contributed by atoms with van der Waals surface area (Å²) in [6.07, 6.45) is -1.02. The molecule has 8 heteroatoms. The normalized spacial score (nSPS) is 21.3. The molecule has 6 nitrogen and oxygen atoms in total. The van der Waals surface area contributed by atoms with E-state index in [1.807, 2.05) is 0 Å². The van der Waals surface area contributed by atoms with Crippen molar-refractivity contribution in [2.24, 2.45) is 0 Å². The zero-order valence-corrected chi connectivity index (χ0v) is 12.7. The van der Waals surface area contributed by atoms with Crippen LogP contribution in [0, 0.1) is 5.82 Å². The number of carbonyl (C=O) groups is 1. The maximum Gasteiger partial charge on any atom is 0.426 e. The molecule has 0 unspecified atom stereocenters. The average molecular weight is 317 g/mol. The van der Waals surface area contributed by atoms with Crippen LogP contribution in [0.25, 0.3) is 0 Å². The summed E-state index contributed by atoms with van der Waals surface area (Å²) in [5.41, 5.74) is -0.397. The van der Waals surface area contributed by atoms with Gasteiger partial charge in [0.05, 0.1) is 6.61 Å². The standard InChI is InChI=1S/C13H16FNO5S/c1-13(2,3)20-12(16)15-11(8-19-21(15,17)18)9-4-6-10(14)7-5-9/h4-7,11H,8H2,1-3H3/t11-/m0/s1. The van der Waals surface area contributed by atoms with Gasteiger partial charge >= 0.3 is 16.4 Å². The van der Waals surface area contributed by atoms with Gasteiger partial charge in [-0.25, -0.2) is 9.18 Å². The number of ether oxygens (including phenoxy) is 1. The smallest absolute Gasteiger partial charge is 0.426 e. The van der Waals surface area contributed by atoms with Crippen molar-refractivity contribution in [3.63, 3.8) is 0 Å². The summed E-state index contributed by atoms with van der Waals surface area (Å²) in [6, 6.07) is 4.31. The number of hydrogen-bond donors (Lipinski definition) is 0. The molecule has 1 aromatic carbocycles. The van der Waals surface area contributed by atoms with Gasteiger partial charge in [0.15, 0.2) is 0 Å². The van der Waals surface area contributed by atoms with E-state index in [9.17, 15) is 17.6 Å². The maximum absolute atomic E-state index is 12.9. The van der Waals surface area contributed by atoms with E-state index < -0.39 is 33.9 Å². The number of halogens is 1. The minimum absolute atomic E-state index is 0.229. The number of hydrogen-bond acceptors (Lipinski definition) is 5. The summed E-state index contributed by atoms with van der Waals surface area (Å²) >= 11 is 0. The fourth-order valence-corrected chi connectivity index (χ4v) is 3.00. The lowest BCUT2D eigenvalue weighted by molar-refractivity contribution is 0.0356. The minimum Gasteiger partial charge on any atom is -0.443 e. The van der Waals surface area contributed by atoms with Crippen molar-refractivity contribution in [3.8, 4) is 0 Å². The highest BCUT2D eigenvalue weighted by atomic mass is 32.2. The molecule has 0 N–H and O–H groups in total. The Hall–Kier alpha value is -1.67. The fourth-order valence-electron chi connectivity index (χ4n) is 1.87. The Morgan fingerprint density at radius 3 is 2.43 bits per heavy atom. The van der Waals surface area contributed by atoms with E-state index >= 15 is 0 Å². The first-order valence-electron chi connectivity index (χ1n) is 6.27. The molecular weight excluding hydrogens is 301 g/mol. The molecule has 2 rings (SSSR count). The molecule has 116 valence electrons. The highest BCUT2D eigenvalue weighted by Gasteiger charge is 2.45. The van der Waals surface area contributed by atoms with Crippen LogP contribution in [0.1, 0.15) is 32.4 Å². The SMILES string of the molecule is CC(C)(C)OC(=O)N1[C@H](c2ccc(F)cc2)COS1(=O)=O. The van der Waals surface area contributed by atoms with Crippen molar-refractivity contribution in [1.82, 2.24) is 4.31 Å². The van der Waals surface area contributed by atoms with Crippen molar-refractivity contribution < 1.29 is 26.5 Å². The monoisotopic (exact) mass is 317 g/mol. The average Bonchev–Trinajstić information content (AvgIpc) is 2.64. The topological polar surface area (TPSA) is 72.9 Å². The Balaban J connectivity index is 2.33. The van der Waals surface area contributed by atoms with Gasteiger partial charge < -0.3 is 4.74 Å². The molecule has 1 aliphatic heterocycles. The second kappa shape index (κ2) is 5.27. The zero-order valence-electron chi connectivity index (χ0n) is 11.9. The third kappa shape index (κ3) is 3.51. The van der Waals surface area contributed by atoms with Gasteiger partial charge in [-0.3, -0.25) is 4.18 Å². The molecule has 1 heterocycles. The summed E-state index contributed by atoms with van der Waals surface area (Å²) in [6.45, 7) is 4.65. The van der Waals surface area contributed by atoms with E-state index in [-0.39, 0.29) is 6.61 Å². The summed E-state index contributed by atoms with van der Waals surface area (Å²) in [5, 5.41) is 0. The summed E-state index contributed by atoms with van der Waals surface area (Å²) < 4.78 is 47.0. The maximum atomic E-state index is 12.9. The first-order valence-corrected chi connectivity index (χ1v) is 7.64. The van der Waals surface area contributed by atoms with Gasteiger partial charge in [-0.2, -0.15) is 12.7 Å². The molecule has 1 aliphatic rings. The second-order valence-corrected chi connectivity index (χ2v) is 7.07. The Labute approximate surface area is 122 Å². The van der Waals surface area contributed by atoms with Crippen LogP contribution in [0.4, 0.5) is 9.18 Å². The number of carbonyl (C=O) groups excluding carboxylic acids is 1. The van der Waals surface area contributed by atoms with Crippen LogP contribution in [0.3, 0.4) is 0 Å². The molecule has 0 saturated carbocycles. The van der Waals surface area contributed by atoms with Gasteiger partial charge in [0.1, 0.15) is 17.5 Å². The van der Waals surface area contributed by atoms with Crippen LogP contribution in [0.5, 0.6) is 0 Å². The zero-order chi connectivity index (χ0) is 15.8. The van der Waals surface area contributed by atoms with Crippen molar-refractivity contribution >= 4 is 16.4 Å². The van der Waals surface area contributed by atoms with E-state index in [4.69, 9.17) is 4.74 Å². The molecular formula is C13H16FNO5S. The molecule has 21 heavy (non-hydrogen) atoms. The minimum atomic E-state index is -4.20. The Morgan fingerprint density at radius 2 is 1.90 bits per heavy atom. The van der Waals surface area contributed by atoms with Crippen molar-refractivity contribution in [2.45, 2.75) is 32.4 Å². The summed E-state index contributed by atoms with van der Waals surface area (Å²) in [5.74, 6) is -0.454. The third-order valence-corrected chi connectivity index (χ3v) is 4.05. The molecule has 0 aromatic heterocycles.